The Labute approximate surface area is 261 Å². The van der Waals surface area contributed by atoms with Crippen LogP contribution in [0.5, 0.6) is 0 Å². The Kier molecular flexibility index (Phi) is 10.6. The van der Waals surface area contributed by atoms with Gasteiger partial charge in [-0.3, -0.25) is 13.9 Å². The van der Waals surface area contributed by atoms with E-state index in [0.717, 1.165) is 55.2 Å². The standard InChI is InChI=1S/C32H35ClF3N3O4S/c1-22-12-14-24(15-13-22)20-38(29(18-23-8-4-3-5-9-23)31(41)37-25-10-6-7-11-25)30(40)21-39(44(2,42)43)26-16-17-28(33)27(19-26)32(34,35)36/h3-5,8-9,12-17,19,25,29H,6-7,10-11,18,20-21H2,1-2H3,(H,37,41)/t29-/m1/s1. The first-order chi connectivity index (χ1) is 20.7. The molecular weight excluding hydrogens is 615 g/mol. The molecule has 1 fully saturated rings. The van der Waals surface area contributed by atoms with E-state index in [4.69, 9.17) is 11.6 Å². The fourth-order valence-corrected chi connectivity index (χ4v) is 6.38. The van der Waals surface area contributed by atoms with Crippen molar-refractivity contribution in [1.29, 1.82) is 0 Å². The van der Waals surface area contributed by atoms with Crippen LogP contribution in [0, 0.1) is 6.92 Å². The van der Waals surface area contributed by atoms with Gasteiger partial charge >= 0.3 is 6.18 Å². The number of carbonyl (C=O) groups is 2. The van der Waals surface area contributed by atoms with Crippen LogP contribution in [0.2, 0.25) is 5.02 Å². The molecule has 1 N–H and O–H groups in total. The predicted octanol–water partition coefficient (Wildman–Crippen LogP) is 6.13. The van der Waals surface area contributed by atoms with Gasteiger partial charge in [0.05, 0.1) is 22.5 Å². The molecule has 0 bridgehead atoms. The van der Waals surface area contributed by atoms with Crippen LogP contribution >= 0.6 is 11.6 Å². The molecule has 12 heteroatoms. The highest BCUT2D eigenvalue weighted by Gasteiger charge is 2.37. The highest BCUT2D eigenvalue weighted by atomic mass is 35.5. The van der Waals surface area contributed by atoms with Crippen LogP contribution < -0.4 is 9.62 Å². The highest BCUT2D eigenvalue weighted by molar-refractivity contribution is 7.92. The average molecular weight is 650 g/mol. The maximum atomic E-state index is 14.2. The second kappa shape index (κ2) is 14.0. The number of benzene rings is 3. The fraction of sp³-hybridized carbons (Fsp3) is 0.375. The topological polar surface area (TPSA) is 86.8 Å². The molecule has 0 aromatic heterocycles. The molecule has 0 spiro atoms. The molecule has 0 radical (unpaired) electrons. The third kappa shape index (κ3) is 8.75. The number of halogens is 4. The summed E-state index contributed by atoms with van der Waals surface area (Å²) in [5, 5.41) is 2.47. The van der Waals surface area contributed by atoms with Gasteiger partial charge in [0.1, 0.15) is 12.6 Å². The van der Waals surface area contributed by atoms with E-state index in [1.807, 2.05) is 61.5 Å². The molecule has 2 amide bonds. The number of anilines is 1. The van der Waals surface area contributed by atoms with E-state index in [1.165, 1.54) is 4.90 Å². The summed E-state index contributed by atoms with van der Waals surface area (Å²) < 4.78 is 67.4. The van der Waals surface area contributed by atoms with E-state index < -0.39 is 45.3 Å². The molecule has 0 aliphatic heterocycles. The number of nitrogens with zero attached hydrogens (tertiary/aromatic N) is 2. The lowest BCUT2D eigenvalue weighted by atomic mass is 10.0. The Morgan fingerprint density at radius 2 is 1.61 bits per heavy atom. The minimum Gasteiger partial charge on any atom is -0.352 e. The van der Waals surface area contributed by atoms with Crippen molar-refractivity contribution in [2.24, 2.45) is 0 Å². The minimum absolute atomic E-state index is 0.0271. The zero-order chi connectivity index (χ0) is 32.1. The molecule has 1 aliphatic rings. The van der Waals surface area contributed by atoms with Gasteiger partial charge in [0.2, 0.25) is 21.8 Å². The van der Waals surface area contributed by atoms with Crippen LogP contribution in [0.1, 0.15) is 47.9 Å². The molecule has 0 heterocycles. The Morgan fingerprint density at radius 3 is 2.20 bits per heavy atom. The van der Waals surface area contributed by atoms with Crippen molar-refractivity contribution in [3.63, 3.8) is 0 Å². The second-order valence-electron chi connectivity index (χ2n) is 11.1. The number of carbonyl (C=O) groups excluding carboxylic acids is 2. The summed E-state index contributed by atoms with van der Waals surface area (Å²) >= 11 is 5.77. The Bertz CT molecular complexity index is 1560. The Hall–Kier alpha value is -3.57. The van der Waals surface area contributed by atoms with Crippen LogP contribution in [0.15, 0.2) is 72.8 Å². The number of hydrogen-bond acceptors (Lipinski definition) is 4. The van der Waals surface area contributed by atoms with Crippen molar-refractivity contribution >= 4 is 39.1 Å². The van der Waals surface area contributed by atoms with Gasteiger partial charge in [-0.15, -0.1) is 0 Å². The van der Waals surface area contributed by atoms with Gasteiger partial charge in [-0.25, -0.2) is 8.42 Å². The van der Waals surface area contributed by atoms with Gasteiger partial charge in [-0.05, 0) is 49.1 Å². The van der Waals surface area contributed by atoms with Crippen molar-refractivity contribution in [2.75, 3.05) is 17.1 Å². The minimum atomic E-state index is -4.85. The molecule has 0 unspecified atom stereocenters. The molecule has 1 saturated carbocycles. The predicted molar refractivity (Wildman–Crippen MR) is 165 cm³/mol. The molecule has 0 saturated heterocycles. The third-order valence-corrected chi connectivity index (χ3v) is 9.14. The van der Waals surface area contributed by atoms with E-state index in [1.54, 1.807) is 0 Å². The monoisotopic (exact) mass is 649 g/mol. The maximum Gasteiger partial charge on any atom is 0.417 e. The maximum absolute atomic E-state index is 14.2. The molecule has 7 nitrogen and oxygen atoms in total. The largest absolute Gasteiger partial charge is 0.417 e. The first-order valence-corrected chi connectivity index (χ1v) is 16.5. The molecule has 1 atom stereocenters. The van der Waals surface area contributed by atoms with E-state index in [-0.39, 0.29) is 30.6 Å². The summed E-state index contributed by atoms with van der Waals surface area (Å²) in [6, 6.07) is 18.1. The van der Waals surface area contributed by atoms with Gasteiger partial charge in [-0.2, -0.15) is 13.2 Å². The summed E-state index contributed by atoms with van der Waals surface area (Å²) in [4.78, 5) is 29.3. The Balaban J connectivity index is 1.75. The molecule has 3 aromatic rings. The molecule has 236 valence electrons. The smallest absolute Gasteiger partial charge is 0.352 e. The van der Waals surface area contributed by atoms with E-state index >= 15 is 0 Å². The lowest BCUT2D eigenvalue weighted by Crippen LogP contribution is -2.54. The quantitative estimate of drug-likeness (QED) is 0.271. The number of aryl methyl sites for hydroxylation is 1. The van der Waals surface area contributed by atoms with Gasteiger partial charge in [0, 0.05) is 19.0 Å². The highest BCUT2D eigenvalue weighted by Crippen LogP contribution is 2.37. The van der Waals surface area contributed by atoms with E-state index in [9.17, 15) is 31.2 Å². The van der Waals surface area contributed by atoms with Crippen LogP contribution in [0.25, 0.3) is 0 Å². The summed E-state index contributed by atoms with van der Waals surface area (Å²) in [5.41, 5.74) is 0.869. The normalized spacial score (nSPS) is 14.7. The Morgan fingerprint density at radius 1 is 0.977 bits per heavy atom. The number of sulfonamides is 1. The van der Waals surface area contributed by atoms with Gasteiger partial charge in [0.25, 0.3) is 0 Å². The molecular formula is C32H35ClF3N3O4S. The third-order valence-electron chi connectivity index (χ3n) is 7.67. The van der Waals surface area contributed by atoms with Crippen LogP contribution in [-0.2, 0) is 38.8 Å². The fourth-order valence-electron chi connectivity index (χ4n) is 5.31. The van der Waals surface area contributed by atoms with Crippen molar-refractivity contribution in [2.45, 2.75) is 63.8 Å². The molecule has 44 heavy (non-hydrogen) atoms. The van der Waals surface area contributed by atoms with Crippen LogP contribution in [0.4, 0.5) is 18.9 Å². The summed E-state index contributed by atoms with van der Waals surface area (Å²) in [6.07, 6.45) is -0.312. The number of rotatable bonds is 11. The lowest BCUT2D eigenvalue weighted by Gasteiger charge is -2.34. The lowest BCUT2D eigenvalue weighted by molar-refractivity contribution is -0.140. The summed E-state index contributed by atoms with van der Waals surface area (Å²) in [6.45, 7) is 1.05. The first-order valence-electron chi connectivity index (χ1n) is 14.3. The van der Waals surface area contributed by atoms with Gasteiger partial charge in [0.15, 0.2) is 0 Å². The van der Waals surface area contributed by atoms with Crippen molar-refractivity contribution < 1.29 is 31.2 Å². The van der Waals surface area contributed by atoms with Gasteiger partial charge in [-0.1, -0.05) is 84.6 Å². The summed E-state index contributed by atoms with van der Waals surface area (Å²) in [7, 11) is -4.25. The van der Waals surface area contributed by atoms with Crippen LogP contribution in [-0.4, -0.2) is 50.0 Å². The number of amides is 2. The van der Waals surface area contributed by atoms with Crippen molar-refractivity contribution in [1.82, 2.24) is 10.2 Å². The second-order valence-corrected chi connectivity index (χ2v) is 13.4. The summed E-state index contributed by atoms with van der Waals surface area (Å²) in [5.74, 6) is -1.13. The molecule has 3 aromatic carbocycles. The zero-order valence-electron chi connectivity index (χ0n) is 24.5. The van der Waals surface area contributed by atoms with E-state index in [0.29, 0.717) is 15.9 Å². The number of alkyl halides is 3. The van der Waals surface area contributed by atoms with E-state index in [2.05, 4.69) is 5.32 Å². The van der Waals surface area contributed by atoms with Crippen LogP contribution in [0.3, 0.4) is 0 Å². The molecule has 4 rings (SSSR count). The van der Waals surface area contributed by atoms with Crippen molar-refractivity contribution in [3.05, 3.63) is 100 Å². The number of hydrogen-bond donors (Lipinski definition) is 1. The average Bonchev–Trinajstić information content (AvgIpc) is 3.47. The SMILES string of the molecule is Cc1ccc(CN(C(=O)CN(c2ccc(Cl)c(C(F)(F)F)c2)S(C)(=O)=O)[C@H](Cc2ccccc2)C(=O)NC2CCCC2)cc1. The van der Waals surface area contributed by atoms with Crippen molar-refractivity contribution in [3.8, 4) is 0 Å². The first kappa shape index (κ1) is 33.3. The van der Waals surface area contributed by atoms with Gasteiger partial charge < -0.3 is 10.2 Å². The zero-order valence-corrected chi connectivity index (χ0v) is 26.1. The number of nitrogens with one attached hydrogen (secondary N) is 1. The molecule has 1 aliphatic carbocycles.